The summed E-state index contributed by atoms with van der Waals surface area (Å²) in [6, 6.07) is 5.42. The molecule has 17 heavy (non-hydrogen) atoms. The van der Waals surface area contributed by atoms with Gasteiger partial charge < -0.3 is 10.1 Å². The van der Waals surface area contributed by atoms with E-state index in [0.29, 0.717) is 16.7 Å². The molecule has 2 rings (SSSR count). The van der Waals surface area contributed by atoms with Gasteiger partial charge in [-0.1, -0.05) is 18.2 Å². The number of ether oxygens (including phenoxy) is 1. The second-order valence-electron chi connectivity index (χ2n) is 4.13. The van der Waals surface area contributed by atoms with E-state index in [0.717, 1.165) is 5.56 Å². The molecule has 0 saturated heterocycles. The predicted octanol–water partition coefficient (Wildman–Crippen LogP) is 1.86. The van der Waals surface area contributed by atoms with E-state index >= 15 is 0 Å². The molecule has 0 saturated carbocycles. The highest BCUT2D eigenvalue weighted by Crippen LogP contribution is 2.27. The van der Waals surface area contributed by atoms with Crippen LogP contribution in [0.3, 0.4) is 0 Å². The Bertz CT molecular complexity index is 519. The number of fused-ring (bicyclic) bond motifs is 1. The Kier molecular flexibility index (Phi) is 2.71. The molecule has 0 aliphatic carbocycles. The molecule has 0 bridgehead atoms. The molecule has 0 spiro atoms. The normalized spacial score (nSPS) is 17.3. The quantitative estimate of drug-likeness (QED) is 0.624. The molecule has 1 aromatic rings. The van der Waals surface area contributed by atoms with Crippen LogP contribution < -0.4 is 5.32 Å². The smallest absolute Gasteiger partial charge is 0.335 e. The lowest BCUT2D eigenvalue weighted by molar-refractivity contribution is -0.145. The van der Waals surface area contributed by atoms with Crippen LogP contribution in [0.5, 0.6) is 0 Å². The second kappa shape index (κ2) is 4.05. The maximum atomic E-state index is 11.6. The van der Waals surface area contributed by atoms with Crippen molar-refractivity contribution >= 4 is 11.9 Å². The summed E-state index contributed by atoms with van der Waals surface area (Å²) >= 11 is 0. The Morgan fingerprint density at radius 1 is 1.47 bits per heavy atom. The molecule has 1 aliphatic heterocycles. The summed E-state index contributed by atoms with van der Waals surface area (Å²) in [4.78, 5) is 23.0. The molecule has 4 heteroatoms. The first-order chi connectivity index (χ1) is 7.99. The Morgan fingerprint density at radius 3 is 2.82 bits per heavy atom. The van der Waals surface area contributed by atoms with Crippen molar-refractivity contribution < 1.29 is 14.3 Å². The highest BCUT2D eigenvalue weighted by molar-refractivity contribution is 5.99. The average molecular weight is 231 g/mol. The molecule has 0 radical (unpaired) electrons. The van der Waals surface area contributed by atoms with Crippen molar-refractivity contribution in [3.8, 4) is 0 Å². The number of carbonyl (C=O) groups excluding carboxylic acids is 2. The molecule has 4 nitrogen and oxygen atoms in total. The van der Waals surface area contributed by atoms with Crippen LogP contribution in [0.15, 0.2) is 30.4 Å². The molecule has 88 valence electrons. The largest absolute Gasteiger partial charge is 0.434 e. The van der Waals surface area contributed by atoms with Gasteiger partial charge in [0.1, 0.15) is 0 Å². The lowest BCUT2D eigenvalue weighted by atomic mass is 10.1. The zero-order valence-electron chi connectivity index (χ0n) is 9.74. The van der Waals surface area contributed by atoms with Gasteiger partial charge in [0.15, 0.2) is 0 Å². The van der Waals surface area contributed by atoms with Gasteiger partial charge in [0, 0.05) is 16.7 Å². The number of hydrogen-bond acceptors (Lipinski definition) is 3. The fraction of sp³-hybridized carbons (Fsp3) is 0.231. The van der Waals surface area contributed by atoms with Crippen molar-refractivity contribution in [1.82, 2.24) is 5.32 Å². The number of hydrogen-bond donors (Lipinski definition) is 1. The van der Waals surface area contributed by atoms with Crippen molar-refractivity contribution in [2.45, 2.75) is 20.1 Å². The lowest BCUT2D eigenvalue weighted by Crippen LogP contribution is -2.24. The predicted molar refractivity (Wildman–Crippen MR) is 62.3 cm³/mol. The van der Waals surface area contributed by atoms with E-state index in [2.05, 4.69) is 11.9 Å². The minimum atomic E-state index is -0.707. The molecule has 1 unspecified atom stereocenters. The van der Waals surface area contributed by atoms with Crippen LogP contribution in [-0.2, 0) is 9.53 Å². The third-order valence-corrected chi connectivity index (χ3v) is 2.57. The number of aryl methyl sites for hydroxylation is 1. The summed E-state index contributed by atoms with van der Waals surface area (Å²) in [5, 5.41) is 2.61. The number of amides is 1. The summed E-state index contributed by atoms with van der Waals surface area (Å²) in [5.74, 6) is -0.732. The summed E-state index contributed by atoms with van der Waals surface area (Å²) < 4.78 is 5.15. The van der Waals surface area contributed by atoms with E-state index in [1.54, 1.807) is 13.0 Å². The SMILES string of the molecule is C=C(C)C(=O)OC1NC(=O)c2ccc(C)cc21. The van der Waals surface area contributed by atoms with E-state index in [9.17, 15) is 9.59 Å². The summed E-state index contributed by atoms with van der Waals surface area (Å²) in [7, 11) is 0. The van der Waals surface area contributed by atoms with Gasteiger partial charge in [-0.3, -0.25) is 4.79 Å². The molecule has 0 aromatic heterocycles. The molecular weight excluding hydrogens is 218 g/mol. The third kappa shape index (κ3) is 2.06. The number of benzene rings is 1. The zero-order valence-corrected chi connectivity index (χ0v) is 9.74. The number of rotatable bonds is 2. The molecular formula is C13H13NO3. The van der Waals surface area contributed by atoms with Crippen LogP contribution in [0.25, 0.3) is 0 Å². The Morgan fingerprint density at radius 2 is 2.18 bits per heavy atom. The van der Waals surface area contributed by atoms with Gasteiger partial charge in [0.25, 0.3) is 5.91 Å². The van der Waals surface area contributed by atoms with Gasteiger partial charge in [0.05, 0.1) is 0 Å². The summed E-state index contributed by atoms with van der Waals surface area (Å²) in [6.45, 7) is 6.99. The topological polar surface area (TPSA) is 55.4 Å². The molecule has 0 fully saturated rings. The van der Waals surface area contributed by atoms with Crippen LogP contribution in [0.4, 0.5) is 0 Å². The van der Waals surface area contributed by atoms with Crippen molar-refractivity contribution in [2.75, 3.05) is 0 Å². The fourth-order valence-electron chi connectivity index (χ4n) is 1.68. The molecule has 1 amide bonds. The van der Waals surface area contributed by atoms with Crippen LogP contribution in [-0.4, -0.2) is 11.9 Å². The molecule has 1 N–H and O–H groups in total. The van der Waals surface area contributed by atoms with Gasteiger partial charge >= 0.3 is 5.97 Å². The van der Waals surface area contributed by atoms with Crippen molar-refractivity contribution in [2.24, 2.45) is 0 Å². The first kappa shape index (κ1) is 11.4. The monoisotopic (exact) mass is 231 g/mol. The van der Waals surface area contributed by atoms with Crippen molar-refractivity contribution in [1.29, 1.82) is 0 Å². The van der Waals surface area contributed by atoms with E-state index in [1.807, 2.05) is 19.1 Å². The number of esters is 1. The van der Waals surface area contributed by atoms with E-state index in [-0.39, 0.29) is 5.91 Å². The van der Waals surface area contributed by atoms with Crippen LogP contribution in [0, 0.1) is 6.92 Å². The fourth-order valence-corrected chi connectivity index (χ4v) is 1.68. The molecule has 1 aliphatic rings. The van der Waals surface area contributed by atoms with Gasteiger partial charge in [-0.15, -0.1) is 0 Å². The first-order valence-corrected chi connectivity index (χ1v) is 5.27. The van der Waals surface area contributed by atoms with Gasteiger partial charge in [-0.25, -0.2) is 4.79 Å². The summed E-state index contributed by atoms with van der Waals surface area (Å²) in [5.41, 5.74) is 2.57. The van der Waals surface area contributed by atoms with E-state index < -0.39 is 12.2 Å². The second-order valence-corrected chi connectivity index (χ2v) is 4.13. The lowest BCUT2D eigenvalue weighted by Gasteiger charge is -2.13. The molecule has 1 aromatic carbocycles. The number of carbonyl (C=O) groups is 2. The van der Waals surface area contributed by atoms with E-state index in [4.69, 9.17) is 4.74 Å². The van der Waals surface area contributed by atoms with Gasteiger partial charge in [-0.2, -0.15) is 0 Å². The van der Waals surface area contributed by atoms with Gasteiger partial charge in [0.2, 0.25) is 6.23 Å². The highest BCUT2D eigenvalue weighted by atomic mass is 16.6. The van der Waals surface area contributed by atoms with Crippen LogP contribution in [0.1, 0.15) is 34.6 Å². The molecule has 1 heterocycles. The Hall–Kier alpha value is -2.10. The van der Waals surface area contributed by atoms with Gasteiger partial charge in [-0.05, 0) is 26.0 Å². The summed E-state index contributed by atoms with van der Waals surface area (Å²) in [6.07, 6.45) is -0.707. The van der Waals surface area contributed by atoms with E-state index in [1.165, 1.54) is 0 Å². The van der Waals surface area contributed by atoms with Crippen LogP contribution >= 0.6 is 0 Å². The van der Waals surface area contributed by atoms with Crippen LogP contribution in [0.2, 0.25) is 0 Å². The highest BCUT2D eigenvalue weighted by Gasteiger charge is 2.31. The minimum absolute atomic E-state index is 0.223. The third-order valence-electron chi connectivity index (χ3n) is 2.57. The Labute approximate surface area is 99.3 Å². The average Bonchev–Trinajstić information content (AvgIpc) is 2.55. The van der Waals surface area contributed by atoms with Crippen molar-refractivity contribution in [3.63, 3.8) is 0 Å². The van der Waals surface area contributed by atoms with Crippen molar-refractivity contribution in [3.05, 3.63) is 47.0 Å². The minimum Gasteiger partial charge on any atom is -0.434 e. The standard InChI is InChI=1S/C13H13NO3/c1-7(2)13(16)17-12-10-6-8(3)4-5-9(10)11(15)14-12/h4-6,12H,1H2,2-3H3,(H,14,15). The number of nitrogens with one attached hydrogen (secondary N) is 1. The molecule has 1 atom stereocenters. The Balaban J connectivity index is 2.30. The first-order valence-electron chi connectivity index (χ1n) is 5.27. The maximum absolute atomic E-state index is 11.6. The maximum Gasteiger partial charge on any atom is 0.335 e. The zero-order chi connectivity index (χ0) is 12.6.